The van der Waals surface area contributed by atoms with E-state index in [1.54, 1.807) is 0 Å². The van der Waals surface area contributed by atoms with Gasteiger partial charge in [-0.2, -0.15) is 5.26 Å². The molecule has 0 saturated carbocycles. The quantitative estimate of drug-likeness (QED) is 0.746. The van der Waals surface area contributed by atoms with E-state index in [9.17, 15) is 14.9 Å². The molecule has 0 radical (unpaired) electrons. The monoisotopic (exact) mass is 384 g/mol. The molecule has 0 unspecified atom stereocenters. The molecule has 2 N–H and O–H groups in total. The lowest BCUT2D eigenvalue weighted by molar-refractivity contribution is -0.142. The highest BCUT2D eigenvalue weighted by Crippen LogP contribution is 2.28. The van der Waals surface area contributed by atoms with Crippen LogP contribution in [0.15, 0.2) is 24.3 Å². The van der Waals surface area contributed by atoms with Gasteiger partial charge in [-0.05, 0) is 30.9 Å². The van der Waals surface area contributed by atoms with Crippen molar-refractivity contribution < 1.29 is 9.59 Å². The lowest BCUT2D eigenvalue weighted by atomic mass is 9.81. The lowest BCUT2D eigenvalue weighted by Gasteiger charge is -2.39. The van der Waals surface area contributed by atoms with Gasteiger partial charge in [0.2, 0.25) is 11.8 Å². The molecule has 1 fully saturated rings. The Kier molecular flexibility index (Phi) is 7.86. The van der Waals surface area contributed by atoms with Crippen molar-refractivity contribution >= 4 is 17.5 Å². The standard InChI is InChI=1S/C22H32N4O2/c1-4-7-18(21(24)27)19(14-16(2)3)22(28)26-12-10-25(11-13-26)20-9-6-5-8-17(20)15-23/h5-6,8-9,16,18-19H,4,7,10-14H2,1-3H3,(H2,24,27)/t18-,19+/m0/s1. The van der Waals surface area contributed by atoms with Crippen LogP contribution in [0.5, 0.6) is 0 Å². The first-order valence-corrected chi connectivity index (χ1v) is 10.2. The molecule has 1 aromatic carbocycles. The van der Waals surface area contributed by atoms with Crippen molar-refractivity contribution in [3.8, 4) is 6.07 Å². The molecule has 0 aliphatic carbocycles. The van der Waals surface area contributed by atoms with Crippen LogP contribution in [0.25, 0.3) is 0 Å². The van der Waals surface area contributed by atoms with E-state index in [4.69, 9.17) is 5.73 Å². The number of piperazine rings is 1. The predicted molar refractivity (Wildman–Crippen MR) is 110 cm³/mol. The van der Waals surface area contributed by atoms with E-state index in [-0.39, 0.29) is 17.7 Å². The minimum absolute atomic E-state index is 0.0409. The number of nitriles is 1. The minimum Gasteiger partial charge on any atom is -0.369 e. The van der Waals surface area contributed by atoms with E-state index in [2.05, 4.69) is 24.8 Å². The molecule has 152 valence electrons. The summed E-state index contributed by atoms with van der Waals surface area (Å²) in [6, 6.07) is 9.78. The maximum Gasteiger partial charge on any atom is 0.226 e. The fourth-order valence-electron chi connectivity index (χ4n) is 4.04. The van der Waals surface area contributed by atoms with Gasteiger partial charge in [0.1, 0.15) is 6.07 Å². The number of nitrogens with zero attached hydrogens (tertiary/aromatic N) is 3. The number of carbonyl (C=O) groups is 2. The molecular weight excluding hydrogens is 352 g/mol. The summed E-state index contributed by atoms with van der Waals surface area (Å²) in [5.74, 6) is -0.773. The molecular formula is C22H32N4O2. The number of carbonyl (C=O) groups excluding carboxylic acids is 2. The van der Waals surface area contributed by atoms with Crippen molar-refractivity contribution in [3.05, 3.63) is 29.8 Å². The molecule has 6 nitrogen and oxygen atoms in total. The van der Waals surface area contributed by atoms with Crippen LogP contribution in [0, 0.1) is 29.1 Å². The molecule has 6 heteroatoms. The third-order valence-electron chi connectivity index (χ3n) is 5.45. The number of rotatable bonds is 8. The molecule has 1 aliphatic heterocycles. The van der Waals surface area contributed by atoms with Gasteiger partial charge < -0.3 is 15.5 Å². The number of benzene rings is 1. The molecule has 1 saturated heterocycles. The average Bonchev–Trinajstić information content (AvgIpc) is 2.69. The zero-order valence-corrected chi connectivity index (χ0v) is 17.2. The summed E-state index contributed by atoms with van der Waals surface area (Å²) in [5, 5.41) is 9.32. The number of hydrogen-bond acceptors (Lipinski definition) is 4. The average molecular weight is 385 g/mol. The maximum atomic E-state index is 13.3. The maximum absolute atomic E-state index is 13.3. The second-order valence-electron chi connectivity index (χ2n) is 7.97. The first kappa shape index (κ1) is 21.7. The van der Waals surface area contributed by atoms with Gasteiger partial charge in [-0.1, -0.05) is 39.3 Å². The summed E-state index contributed by atoms with van der Waals surface area (Å²) in [4.78, 5) is 29.3. The van der Waals surface area contributed by atoms with E-state index in [1.807, 2.05) is 36.1 Å². The molecule has 2 rings (SSSR count). The van der Waals surface area contributed by atoms with E-state index in [0.29, 0.717) is 50.5 Å². The molecule has 0 aromatic heterocycles. The molecule has 1 aromatic rings. The molecule has 0 bridgehead atoms. The Balaban J connectivity index is 2.10. The van der Waals surface area contributed by atoms with Gasteiger partial charge in [0.25, 0.3) is 0 Å². The zero-order valence-electron chi connectivity index (χ0n) is 17.2. The topological polar surface area (TPSA) is 90.4 Å². The molecule has 28 heavy (non-hydrogen) atoms. The second-order valence-corrected chi connectivity index (χ2v) is 7.97. The molecule has 1 aliphatic rings. The van der Waals surface area contributed by atoms with Crippen LogP contribution < -0.4 is 10.6 Å². The SMILES string of the molecule is CCC[C@H](C(N)=O)[C@@H](CC(C)C)C(=O)N1CCN(c2ccccc2C#N)CC1. The third-order valence-corrected chi connectivity index (χ3v) is 5.45. The number of primary amides is 1. The summed E-state index contributed by atoms with van der Waals surface area (Å²) in [6.45, 7) is 8.68. The van der Waals surface area contributed by atoms with Gasteiger partial charge in [-0.3, -0.25) is 9.59 Å². The van der Waals surface area contributed by atoms with Crippen molar-refractivity contribution in [1.29, 1.82) is 5.26 Å². The van der Waals surface area contributed by atoms with Crippen LogP contribution in [-0.4, -0.2) is 42.9 Å². The predicted octanol–water partition coefficient (Wildman–Crippen LogP) is 2.77. The molecule has 2 amide bonds. The van der Waals surface area contributed by atoms with E-state index in [1.165, 1.54) is 0 Å². The Labute approximate surface area is 168 Å². The fourth-order valence-corrected chi connectivity index (χ4v) is 4.04. The fraction of sp³-hybridized carbons (Fsp3) is 0.591. The van der Waals surface area contributed by atoms with Crippen LogP contribution in [0.1, 0.15) is 45.6 Å². The molecule has 2 atom stereocenters. The zero-order chi connectivity index (χ0) is 20.7. The summed E-state index contributed by atoms with van der Waals surface area (Å²) in [7, 11) is 0. The van der Waals surface area contributed by atoms with Gasteiger partial charge in [-0.25, -0.2) is 0 Å². The van der Waals surface area contributed by atoms with E-state index >= 15 is 0 Å². The highest BCUT2D eigenvalue weighted by molar-refractivity contribution is 5.87. The Hall–Kier alpha value is -2.55. The van der Waals surface area contributed by atoms with Gasteiger partial charge >= 0.3 is 0 Å². The first-order valence-electron chi connectivity index (χ1n) is 10.2. The van der Waals surface area contributed by atoms with Crippen LogP contribution in [0.4, 0.5) is 5.69 Å². The van der Waals surface area contributed by atoms with Crippen molar-refractivity contribution in [2.45, 2.75) is 40.0 Å². The lowest BCUT2D eigenvalue weighted by Crippen LogP contribution is -2.52. The van der Waals surface area contributed by atoms with E-state index < -0.39 is 5.92 Å². The first-order chi connectivity index (χ1) is 13.4. The van der Waals surface area contributed by atoms with E-state index in [0.717, 1.165) is 12.1 Å². The molecule has 0 spiro atoms. The highest BCUT2D eigenvalue weighted by Gasteiger charge is 2.36. The number of anilines is 1. The van der Waals surface area contributed by atoms with Crippen molar-refractivity contribution in [2.24, 2.45) is 23.5 Å². The van der Waals surface area contributed by atoms with Crippen molar-refractivity contribution in [1.82, 2.24) is 4.90 Å². The third kappa shape index (κ3) is 5.25. The Morgan fingerprint density at radius 1 is 1.14 bits per heavy atom. The van der Waals surface area contributed by atoms with Crippen LogP contribution in [0.2, 0.25) is 0 Å². The summed E-state index contributed by atoms with van der Waals surface area (Å²) < 4.78 is 0. The Bertz CT molecular complexity index is 717. The van der Waals surface area contributed by atoms with Gasteiger partial charge in [0.05, 0.1) is 11.3 Å². The largest absolute Gasteiger partial charge is 0.369 e. The number of para-hydroxylation sites is 1. The van der Waals surface area contributed by atoms with Crippen LogP contribution >= 0.6 is 0 Å². The summed E-state index contributed by atoms with van der Waals surface area (Å²) >= 11 is 0. The minimum atomic E-state index is -0.405. The number of hydrogen-bond donors (Lipinski definition) is 1. The normalized spacial score (nSPS) is 16.5. The highest BCUT2D eigenvalue weighted by atomic mass is 16.2. The van der Waals surface area contributed by atoms with Gasteiger partial charge in [0.15, 0.2) is 0 Å². The van der Waals surface area contributed by atoms with Crippen LogP contribution in [0.3, 0.4) is 0 Å². The number of amides is 2. The van der Waals surface area contributed by atoms with Crippen molar-refractivity contribution in [3.63, 3.8) is 0 Å². The summed E-state index contributed by atoms with van der Waals surface area (Å²) in [5.41, 5.74) is 7.21. The summed E-state index contributed by atoms with van der Waals surface area (Å²) in [6.07, 6.45) is 2.14. The van der Waals surface area contributed by atoms with Gasteiger partial charge in [-0.15, -0.1) is 0 Å². The number of nitrogens with two attached hydrogens (primary N) is 1. The smallest absolute Gasteiger partial charge is 0.226 e. The van der Waals surface area contributed by atoms with Crippen molar-refractivity contribution in [2.75, 3.05) is 31.1 Å². The second kappa shape index (κ2) is 10.1. The van der Waals surface area contributed by atoms with Crippen LogP contribution in [-0.2, 0) is 9.59 Å². The Morgan fingerprint density at radius 2 is 1.79 bits per heavy atom. The molecule has 1 heterocycles. The Morgan fingerprint density at radius 3 is 2.32 bits per heavy atom. The van der Waals surface area contributed by atoms with Gasteiger partial charge in [0, 0.05) is 38.0 Å².